The van der Waals surface area contributed by atoms with Gasteiger partial charge in [-0.25, -0.2) is 0 Å². The van der Waals surface area contributed by atoms with Crippen LogP contribution >= 0.6 is 0 Å². The number of alkyl halides is 2. The van der Waals surface area contributed by atoms with Crippen molar-refractivity contribution in [1.29, 1.82) is 0 Å². The Hall–Kier alpha value is -3.21. The summed E-state index contributed by atoms with van der Waals surface area (Å²) in [4.78, 5) is 14.8. The molecule has 1 fully saturated rings. The van der Waals surface area contributed by atoms with Crippen molar-refractivity contribution in [2.75, 3.05) is 20.2 Å². The molecule has 0 aromatic heterocycles. The van der Waals surface area contributed by atoms with Gasteiger partial charge in [0.1, 0.15) is 4.90 Å². The standard InChI is InChI=1S/C22H23F2N3O5S/c1-31-18-12-14(6-7-17(18)32-22(23)24)13-25-21(28)15-8-10-27(11-9-15)20-16-4-2-3-5-19(16)33(29,30)26-20/h2-7,12,15,22H,8-11,13H2,1H3,(H,25,28). The lowest BCUT2D eigenvalue weighted by atomic mass is 9.95. The van der Waals surface area contributed by atoms with Crippen molar-refractivity contribution in [3.05, 3.63) is 53.6 Å². The summed E-state index contributed by atoms with van der Waals surface area (Å²) in [6.07, 6.45) is 1.11. The molecule has 2 aromatic carbocycles. The number of amides is 1. The molecule has 2 aliphatic heterocycles. The van der Waals surface area contributed by atoms with E-state index >= 15 is 0 Å². The van der Waals surface area contributed by atoms with Gasteiger partial charge in [0.15, 0.2) is 17.3 Å². The van der Waals surface area contributed by atoms with Gasteiger partial charge < -0.3 is 19.7 Å². The first-order valence-corrected chi connectivity index (χ1v) is 11.8. The third-order valence-corrected chi connectivity index (χ3v) is 7.01. The lowest BCUT2D eigenvalue weighted by Crippen LogP contribution is -2.42. The zero-order chi connectivity index (χ0) is 23.6. The summed E-state index contributed by atoms with van der Waals surface area (Å²) < 4.78 is 62.9. The molecule has 0 atom stereocenters. The molecule has 2 aromatic rings. The Morgan fingerprint density at radius 1 is 1.18 bits per heavy atom. The minimum absolute atomic E-state index is 0.0756. The Morgan fingerprint density at radius 3 is 2.61 bits per heavy atom. The van der Waals surface area contributed by atoms with Crippen molar-refractivity contribution < 1.29 is 31.5 Å². The van der Waals surface area contributed by atoms with E-state index in [1.165, 1.54) is 19.2 Å². The third-order valence-electron chi connectivity index (χ3n) is 5.69. The number of amidine groups is 1. The second kappa shape index (κ2) is 9.34. The molecule has 176 valence electrons. The van der Waals surface area contributed by atoms with E-state index in [0.717, 1.165) is 0 Å². The average molecular weight is 480 g/mol. The topological polar surface area (TPSA) is 97.3 Å². The van der Waals surface area contributed by atoms with E-state index < -0.39 is 16.6 Å². The van der Waals surface area contributed by atoms with Crippen molar-refractivity contribution in [1.82, 2.24) is 10.2 Å². The fourth-order valence-corrected chi connectivity index (χ4v) is 5.25. The number of fused-ring (bicyclic) bond motifs is 1. The third kappa shape index (κ3) is 4.92. The van der Waals surface area contributed by atoms with Crippen molar-refractivity contribution in [2.45, 2.75) is 30.9 Å². The highest BCUT2D eigenvalue weighted by atomic mass is 32.2. The average Bonchev–Trinajstić information content (AvgIpc) is 3.09. The number of nitrogens with one attached hydrogen (secondary N) is 1. The number of hydrogen-bond donors (Lipinski definition) is 1. The summed E-state index contributed by atoms with van der Waals surface area (Å²) in [6, 6.07) is 11.2. The van der Waals surface area contributed by atoms with Gasteiger partial charge in [0, 0.05) is 31.1 Å². The van der Waals surface area contributed by atoms with Crippen LogP contribution in [0.5, 0.6) is 11.5 Å². The van der Waals surface area contributed by atoms with Crippen molar-refractivity contribution in [3.63, 3.8) is 0 Å². The van der Waals surface area contributed by atoms with E-state index in [-0.39, 0.29) is 34.8 Å². The maximum Gasteiger partial charge on any atom is 0.387 e. The molecule has 33 heavy (non-hydrogen) atoms. The lowest BCUT2D eigenvalue weighted by molar-refractivity contribution is -0.126. The van der Waals surface area contributed by atoms with Gasteiger partial charge in [0.05, 0.1) is 7.11 Å². The number of carbonyl (C=O) groups excluding carboxylic acids is 1. The minimum atomic E-state index is -3.68. The molecule has 1 N–H and O–H groups in total. The molecule has 1 amide bonds. The number of sulfonamides is 1. The van der Waals surface area contributed by atoms with Gasteiger partial charge in [-0.05, 0) is 42.7 Å². The van der Waals surface area contributed by atoms with Crippen LogP contribution in [-0.4, -0.2) is 51.9 Å². The van der Waals surface area contributed by atoms with Gasteiger partial charge in [0.2, 0.25) is 5.91 Å². The van der Waals surface area contributed by atoms with Crippen molar-refractivity contribution in [2.24, 2.45) is 10.3 Å². The van der Waals surface area contributed by atoms with E-state index in [1.807, 2.05) is 4.90 Å². The van der Waals surface area contributed by atoms with Gasteiger partial charge >= 0.3 is 6.61 Å². The SMILES string of the molecule is COc1cc(CNC(=O)C2CCN(C3=NS(=O)(=O)c4ccccc43)CC2)ccc1OC(F)F. The largest absolute Gasteiger partial charge is 0.493 e. The number of likely N-dealkylation sites (tertiary alicyclic amines) is 1. The van der Waals surface area contributed by atoms with Crippen LogP contribution in [0.1, 0.15) is 24.0 Å². The van der Waals surface area contributed by atoms with E-state index in [9.17, 15) is 22.0 Å². The van der Waals surface area contributed by atoms with Gasteiger partial charge in [-0.3, -0.25) is 4.79 Å². The van der Waals surface area contributed by atoms with E-state index in [4.69, 9.17) is 4.74 Å². The van der Waals surface area contributed by atoms with Gasteiger partial charge in [0.25, 0.3) is 10.0 Å². The fraction of sp³-hybridized carbons (Fsp3) is 0.364. The first-order valence-electron chi connectivity index (χ1n) is 10.4. The van der Waals surface area contributed by atoms with Crippen LogP contribution in [0.3, 0.4) is 0 Å². The summed E-state index contributed by atoms with van der Waals surface area (Å²) in [5.74, 6) is 0.167. The quantitative estimate of drug-likeness (QED) is 0.685. The molecule has 4 rings (SSSR count). The summed E-state index contributed by atoms with van der Waals surface area (Å²) in [6.45, 7) is -1.73. The second-order valence-electron chi connectivity index (χ2n) is 7.73. The van der Waals surface area contributed by atoms with Crippen LogP contribution in [0.15, 0.2) is 51.8 Å². The zero-order valence-electron chi connectivity index (χ0n) is 17.8. The highest BCUT2D eigenvalue weighted by molar-refractivity contribution is 7.90. The van der Waals surface area contributed by atoms with Crippen LogP contribution < -0.4 is 14.8 Å². The fourth-order valence-electron chi connectivity index (χ4n) is 4.02. The Bertz CT molecular complexity index is 1180. The maximum absolute atomic E-state index is 12.7. The monoisotopic (exact) mass is 479 g/mol. The predicted molar refractivity (Wildman–Crippen MR) is 116 cm³/mol. The Balaban J connectivity index is 1.33. The molecule has 0 spiro atoms. The lowest BCUT2D eigenvalue weighted by Gasteiger charge is -2.32. The normalized spacial score (nSPS) is 17.5. The van der Waals surface area contributed by atoms with Gasteiger partial charge in [-0.1, -0.05) is 18.2 Å². The molecule has 0 radical (unpaired) electrons. The molecule has 2 heterocycles. The van der Waals surface area contributed by atoms with E-state index in [2.05, 4.69) is 14.5 Å². The van der Waals surface area contributed by atoms with Crippen molar-refractivity contribution in [3.8, 4) is 11.5 Å². The predicted octanol–water partition coefficient (Wildman–Crippen LogP) is 2.77. The maximum atomic E-state index is 12.7. The minimum Gasteiger partial charge on any atom is -0.493 e. The molecule has 2 aliphatic rings. The summed E-state index contributed by atoms with van der Waals surface area (Å²) in [5, 5.41) is 2.87. The number of ether oxygens (including phenoxy) is 2. The first-order chi connectivity index (χ1) is 15.8. The van der Waals surface area contributed by atoms with Crippen LogP contribution in [0.25, 0.3) is 0 Å². The van der Waals surface area contributed by atoms with Gasteiger partial charge in [-0.15, -0.1) is 4.40 Å². The Labute approximate surface area is 190 Å². The van der Waals surface area contributed by atoms with Gasteiger partial charge in [-0.2, -0.15) is 17.2 Å². The molecule has 0 unspecified atom stereocenters. The highest BCUT2D eigenvalue weighted by Crippen LogP contribution is 2.31. The first kappa shape index (κ1) is 23.0. The molecule has 11 heteroatoms. The molecule has 0 saturated carbocycles. The number of piperidine rings is 1. The number of carbonyl (C=O) groups is 1. The highest BCUT2D eigenvalue weighted by Gasteiger charge is 2.34. The molecular weight excluding hydrogens is 456 g/mol. The number of nitrogens with zero attached hydrogens (tertiary/aromatic N) is 2. The van der Waals surface area contributed by atoms with Crippen molar-refractivity contribution >= 4 is 21.8 Å². The number of methoxy groups -OCH3 is 1. The Kier molecular flexibility index (Phi) is 6.50. The van der Waals surface area contributed by atoms with Crippen LogP contribution in [0.2, 0.25) is 0 Å². The van der Waals surface area contributed by atoms with Crippen LogP contribution in [0.4, 0.5) is 8.78 Å². The molecule has 0 aliphatic carbocycles. The zero-order valence-corrected chi connectivity index (χ0v) is 18.6. The summed E-state index contributed by atoms with van der Waals surface area (Å²) in [7, 11) is -2.33. The second-order valence-corrected chi connectivity index (χ2v) is 9.30. The van der Waals surface area contributed by atoms with E-state index in [0.29, 0.717) is 42.9 Å². The summed E-state index contributed by atoms with van der Waals surface area (Å²) >= 11 is 0. The Morgan fingerprint density at radius 2 is 1.91 bits per heavy atom. The van der Waals surface area contributed by atoms with Crippen LogP contribution in [-0.2, 0) is 21.4 Å². The number of rotatable bonds is 6. The summed E-state index contributed by atoms with van der Waals surface area (Å²) in [5.41, 5.74) is 1.27. The molecule has 8 nitrogen and oxygen atoms in total. The smallest absolute Gasteiger partial charge is 0.387 e. The number of halogens is 2. The van der Waals surface area contributed by atoms with E-state index in [1.54, 1.807) is 30.3 Å². The van der Waals surface area contributed by atoms with Crippen LogP contribution in [0, 0.1) is 5.92 Å². The molecular formula is C22H23F2N3O5S. The number of benzene rings is 2. The molecule has 1 saturated heterocycles. The molecule has 0 bridgehead atoms. The number of hydrogen-bond acceptors (Lipinski definition) is 6.